The Morgan fingerprint density at radius 3 is 3.00 bits per heavy atom. The lowest BCUT2D eigenvalue weighted by molar-refractivity contribution is -0.133. The molecule has 0 aliphatic carbocycles. The second-order valence-corrected chi connectivity index (χ2v) is 5.54. The van der Waals surface area contributed by atoms with Crippen molar-refractivity contribution >= 4 is 33.7 Å². The molecule has 0 saturated carbocycles. The fraction of sp³-hybridized carbons (Fsp3) is 0.167. The Bertz CT molecular complexity index is 583. The van der Waals surface area contributed by atoms with Crippen molar-refractivity contribution < 1.29 is 9.90 Å². The van der Waals surface area contributed by atoms with E-state index in [-0.39, 0.29) is 5.75 Å². The Morgan fingerprint density at radius 1 is 1.56 bits per heavy atom. The summed E-state index contributed by atoms with van der Waals surface area (Å²) in [5, 5.41) is 9.41. The molecule has 0 bridgehead atoms. The number of imidazole rings is 1. The molecule has 6 heteroatoms. The average Bonchev–Trinajstić information content (AvgIpc) is 2.68. The number of benzene rings is 1. The van der Waals surface area contributed by atoms with Gasteiger partial charge in [0.25, 0.3) is 0 Å². The van der Waals surface area contributed by atoms with Crippen LogP contribution in [0.5, 0.6) is 0 Å². The van der Waals surface area contributed by atoms with Crippen LogP contribution in [0.25, 0.3) is 5.69 Å². The highest BCUT2D eigenvalue weighted by Crippen LogP contribution is 2.24. The summed E-state index contributed by atoms with van der Waals surface area (Å²) < 4.78 is 2.92. The molecule has 1 heterocycles. The molecule has 0 radical (unpaired) electrons. The molecular formula is C12H11BrN2O2S. The van der Waals surface area contributed by atoms with Gasteiger partial charge in [0, 0.05) is 22.1 Å². The fourth-order valence-corrected chi connectivity index (χ4v) is 2.72. The summed E-state index contributed by atoms with van der Waals surface area (Å²) in [6.45, 7) is 1.94. The van der Waals surface area contributed by atoms with Crippen molar-refractivity contribution in [3.05, 3.63) is 40.6 Å². The van der Waals surface area contributed by atoms with Gasteiger partial charge in [-0.15, -0.1) is 0 Å². The number of aryl methyl sites for hydroxylation is 1. The average molecular weight is 327 g/mol. The number of aromatic nitrogens is 2. The van der Waals surface area contributed by atoms with E-state index in [2.05, 4.69) is 20.9 Å². The molecule has 94 valence electrons. The molecule has 1 aromatic carbocycles. The van der Waals surface area contributed by atoms with E-state index in [1.165, 1.54) is 11.8 Å². The second kappa shape index (κ2) is 5.58. The van der Waals surface area contributed by atoms with E-state index < -0.39 is 5.97 Å². The van der Waals surface area contributed by atoms with Gasteiger partial charge in [0.2, 0.25) is 0 Å². The van der Waals surface area contributed by atoms with Crippen molar-refractivity contribution in [2.45, 2.75) is 12.1 Å². The Morgan fingerprint density at radius 2 is 2.33 bits per heavy atom. The highest BCUT2D eigenvalue weighted by atomic mass is 79.9. The van der Waals surface area contributed by atoms with Gasteiger partial charge >= 0.3 is 5.97 Å². The van der Waals surface area contributed by atoms with Crippen molar-refractivity contribution in [3.8, 4) is 5.69 Å². The van der Waals surface area contributed by atoms with Gasteiger partial charge in [-0.2, -0.15) is 0 Å². The van der Waals surface area contributed by atoms with Gasteiger partial charge in [-0.25, -0.2) is 4.98 Å². The van der Waals surface area contributed by atoms with Crippen LogP contribution in [0.1, 0.15) is 5.69 Å². The molecule has 0 unspecified atom stereocenters. The molecule has 2 rings (SSSR count). The first kappa shape index (κ1) is 13.2. The Balaban J connectivity index is 2.37. The van der Waals surface area contributed by atoms with Crippen molar-refractivity contribution in [3.63, 3.8) is 0 Å². The standard InChI is InChI=1S/C12H11BrN2O2S/c1-8-6-14-12(18-7-11(16)17)15(8)10-4-2-3-9(13)5-10/h2-6H,7H2,1H3,(H,16,17). The molecule has 0 aliphatic heterocycles. The van der Waals surface area contributed by atoms with E-state index >= 15 is 0 Å². The molecule has 0 aliphatic rings. The predicted octanol–water partition coefficient (Wildman–Crippen LogP) is 3.12. The van der Waals surface area contributed by atoms with E-state index in [1.54, 1.807) is 6.20 Å². The summed E-state index contributed by atoms with van der Waals surface area (Å²) in [6.07, 6.45) is 1.74. The minimum absolute atomic E-state index is 0.00442. The smallest absolute Gasteiger partial charge is 0.313 e. The third-order valence-electron chi connectivity index (χ3n) is 2.30. The number of carboxylic acids is 1. The van der Waals surface area contributed by atoms with Gasteiger partial charge < -0.3 is 5.11 Å². The topological polar surface area (TPSA) is 55.1 Å². The minimum Gasteiger partial charge on any atom is -0.481 e. The second-order valence-electron chi connectivity index (χ2n) is 3.68. The fourth-order valence-electron chi connectivity index (χ4n) is 1.57. The van der Waals surface area contributed by atoms with Crippen molar-refractivity contribution in [1.82, 2.24) is 9.55 Å². The van der Waals surface area contributed by atoms with Gasteiger partial charge in [0.05, 0.1) is 5.75 Å². The zero-order chi connectivity index (χ0) is 13.1. The largest absolute Gasteiger partial charge is 0.481 e. The summed E-state index contributed by atoms with van der Waals surface area (Å²) >= 11 is 4.64. The molecule has 0 amide bonds. The van der Waals surface area contributed by atoms with Crippen LogP contribution in [-0.2, 0) is 4.79 Å². The molecule has 4 nitrogen and oxygen atoms in total. The third-order valence-corrected chi connectivity index (χ3v) is 3.73. The molecule has 0 spiro atoms. The van der Waals surface area contributed by atoms with Crippen LogP contribution in [0.2, 0.25) is 0 Å². The summed E-state index contributed by atoms with van der Waals surface area (Å²) in [4.78, 5) is 14.9. The number of hydrogen-bond acceptors (Lipinski definition) is 3. The Hall–Kier alpha value is -1.27. The van der Waals surface area contributed by atoms with Crippen molar-refractivity contribution in [2.24, 2.45) is 0 Å². The van der Waals surface area contributed by atoms with Crippen LogP contribution in [0.4, 0.5) is 0 Å². The quantitative estimate of drug-likeness (QED) is 0.877. The van der Waals surface area contributed by atoms with E-state index in [9.17, 15) is 4.79 Å². The zero-order valence-corrected chi connectivity index (χ0v) is 12.0. The lowest BCUT2D eigenvalue weighted by Crippen LogP contribution is -2.02. The van der Waals surface area contributed by atoms with E-state index in [0.717, 1.165) is 15.9 Å². The highest BCUT2D eigenvalue weighted by Gasteiger charge is 2.11. The lowest BCUT2D eigenvalue weighted by atomic mass is 10.3. The maximum atomic E-state index is 10.6. The number of aliphatic carboxylic acids is 1. The zero-order valence-electron chi connectivity index (χ0n) is 9.63. The summed E-state index contributed by atoms with van der Waals surface area (Å²) in [5.41, 5.74) is 1.94. The summed E-state index contributed by atoms with van der Waals surface area (Å²) in [5.74, 6) is -0.841. The van der Waals surface area contributed by atoms with Gasteiger partial charge in [-0.1, -0.05) is 33.8 Å². The molecule has 0 atom stereocenters. The van der Waals surface area contributed by atoms with Crippen molar-refractivity contribution in [2.75, 3.05) is 5.75 Å². The van der Waals surface area contributed by atoms with Crippen LogP contribution in [0.3, 0.4) is 0 Å². The summed E-state index contributed by atoms with van der Waals surface area (Å²) in [6, 6.07) is 7.81. The monoisotopic (exact) mass is 326 g/mol. The van der Waals surface area contributed by atoms with Crippen LogP contribution >= 0.6 is 27.7 Å². The first-order chi connectivity index (χ1) is 8.58. The van der Waals surface area contributed by atoms with Crippen LogP contribution in [0.15, 0.2) is 40.1 Å². The van der Waals surface area contributed by atoms with Gasteiger partial charge in [-0.3, -0.25) is 9.36 Å². The highest BCUT2D eigenvalue weighted by molar-refractivity contribution is 9.10. The van der Waals surface area contributed by atoms with Crippen LogP contribution in [0, 0.1) is 6.92 Å². The number of thioether (sulfide) groups is 1. The predicted molar refractivity (Wildman–Crippen MR) is 74.4 cm³/mol. The maximum absolute atomic E-state index is 10.6. The Kier molecular flexibility index (Phi) is 4.08. The molecule has 0 saturated heterocycles. The molecule has 2 aromatic rings. The molecule has 0 fully saturated rings. The van der Waals surface area contributed by atoms with E-state index in [0.29, 0.717) is 5.16 Å². The summed E-state index contributed by atoms with van der Waals surface area (Å²) in [7, 11) is 0. The van der Waals surface area contributed by atoms with Crippen molar-refractivity contribution in [1.29, 1.82) is 0 Å². The van der Waals surface area contributed by atoms with E-state index in [4.69, 9.17) is 5.11 Å². The number of rotatable bonds is 4. The maximum Gasteiger partial charge on any atom is 0.313 e. The van der Waals surface area contributed by atoms with Crippen LogP contribution in [-0.4, -0.2) is 26.4 Å². The number of carboxylic acid groups (broad SMARTS) is 1. The number of carbonyl (C=O) groups is 1. The normalized spacial score (nSPS) is 10.6. The SMILES string of the molecule is Cc1cnc(SCC(=O)O)n1-c1cccc(Br)c1. The van der Waals surface area contributed by atoms with Gasteiger partial charge in [0.15, 0.2) is 5.16 Å². The Labute approximate surface area is 117 Å². The molecule has 1 aromatic heterocycles. The van der Waals surface area contributed by atoms with Gasteiger partial charge in [0.1, 0.15) is 0 Å². The molecule has 1 N–H and O–H groups in total. The third kappa shape index (κ3) is 2.94. The van der Waals surface area contributed by atoms with E-state index in [1.807, 2.05) is 35.8 Å². The van der Waals surface area contributed by atoms with Gasteiger partial charge in [-0.05, 0) is 25.1 Å². The lowest BCUT2D eigenvalue weighted by Gasteiger charge is -2.09. The number of halogens is 1. The first-order valence-electron chi connectivity index (χ1n) is 5.23. The van der Waals surface area contributed by atoms with Crippen LogP contribution < -0.4 is 0 Å². The number of nitrogens with zero attached hydrogens (tertiary/aromatic N) is 2. The molecule has 18 heavy (non-hydrogen) atoms. The molecular weight excluding hydrogens is 316 g/mol. The first-order valence-corrected chi connectivity index (χ1v) is 7.00. The number of hydrogen-bond donors (Lipinski definition) is 1. The minimum atomic E-state index is -0.846.